The van der Waals surface area contributed by atoms with E-state index in [4.69, 9.17) is 0 Å². The molecule has 1 aromatic heterocycles. The fourth-order valence-electron chi connectivity index (χ4n) is 3.66. The molecule has 27 heavy (non-hydrogen) atoms. The molecular weight excluding hydrogens is 330 g/mol. The normalized spacial score (nSPS) is 10.9. The SMILES string of the molecule is CCCCCCCc1cc(=O)c(C)c(-c2ccccc2)n1-c1ccccc1. The summed E-state index contributed by atoms with van der Waals surface area (Å²) in [6.45, 7) is 4.17. The Kier molecular flexibility index (Phi) is 6.64. The van der Waals surface area contributed by atoms with Crippen molar-refractivity contribution >= 4 is 0 Å². The first-order valence-electron chi connectivity index (χ1n) is 10.1. The molecule has 2 heteroatoms. The molecule has 0 aliphatic carbocycles. The summed E-state index contributed by atoms with van der Waals surface area (Å²) in [5.74, 6) is 0. The van der Waals surface area contributed by atoms with Crippen molar-refractivity contribution in [1.82, 2.24) is 4.57 Å². The molecule has 0 radical (unpaired) electrons. The molecule has 0 bridgehead atoms. The number of rotatable bonds is 8. The van der Waals surface area contributed by atoms with Crippen LogP contribution in [0, 0.1) is 6.92 Å². The van der Waals surface area contributed by atoms with E-state index >= 15 is 0 Å². The lowest BCUT2D eigenvalue weighted by molar-refractivity contribution is 0.623. The first kappa shape index (κ1) is 19.2. The molecule has 0 spiro atoms. The number of para-hydroxylation sites is 1. The molecule has 1 heterocycles. The Labute approximate surface area is 162 Å². The Bertz CT molecular complexity index is 910. The van der Waals surface area contributed by atoms with Gasteiger partial charge in [-0.1, -0.05) is 81.1 Å². The highest BCUT2D eigenvalue weighted by atomic mass is 16.1. The zero-order chi connectivity index (χ0) is 19.1. The first-order valence-corrected chi connectivity index (χ1v) is 10.1. The van der Waals surface area contributed by atoms with Gasteiger partial charge in [-0.3, -0.25) is 4.79 Å². The Hall–Kier alpha value is -2.61. The number of aromatic nitrogens is 1. The Morgan fingerprint density at radius 3 is 2.11 bits per heavy atom. The average Bonchev–Trinajstić information content (AvgIpc) is 2.71. The van der Waals surface area contributed by atoms with Crippen molar-refractivity contribution in [3.63, 3.8) is 0 Å². The van der Waals surface area contributed by atoms with Crippen molar-refractivity contribution in [3.8, 4) is 16.9 Å². The minimum Gasteiger partial charge on any atom is -0.313 e. The van der Waals surface area contributed by atoms with Crippen molar-refractivity contribution in [3.05, 3.63) is 88.2 Å². The smallest absolute Gasteiger partial charge is 0.185 e. The minimum absolute atomic E-state index is 0.129. The standard InChI is InChI=1S/C25H29NO/c1-3-4-5-6-11-18-23-19-24(27)20(2)25(21-14-9-7-10-15-21)26(23)22-16-12-8-13-17-22/h7-10,12-17,19H,3-6,11,18H2,1-2H3. The lowest BCUT2D eigenvalue weighted by Gasteiger charge is -2.21. The van der Waals surface area contributed by atoms with E-state index in [0.29, 0.717) is 0 Å². The van der Waals surface area contributed by atoms with Gasteiger partial charge in [-0.15, -0.1) is 0 Å². The molecule has 3 aromatic rings. The summed E-state index contributed by atoms with van der Waals surface area (Å²) in [5, 5.41) is 0. The van der Waals surface area contributed by atoms with E-state index < -0.39 is 0 Å². The van der Waals surface area contributed by atoms with Crippen molar-refractivity contribution in [1.29, 1.82) is 0 Å². The monoisotopic (exact) mass is 359 g/mol. The van der Waals surface area contributed by atoms with E-state index in [1.54, 1.807) is 0 Å². The third-order valence-corrected chi connectivity index (χ3v) is 5.13. The Morgan fingerprint density at radius 2 is 1.44 bits per heavy atom. The van der Waals surface area contributed by atoms with E-state index in [2.05, 4.69) is 47.9 Å². The predicted molar refractivity (Wildman–Crippen MR) is 115 cm³/mol. The van der Waals surface area contributed by atoms with Crippen molar-refractivity contribution in [2.75, 3.05) is 0 Å². The van der Waals surface area contributed by atoms with Crippen LogP contribution in [0.1, 0.15) is 50.3 Å². The van der Waals surface area contributed by atoms with Crippen LogP contribution in [0.2, 0.25) is 0 Å². The van der Waals surface area contributed by atoms with Gasteiger partial charge in [0.05, 0.1) is 5.69 Å². The van der Waals surface area contributed by atoms with Crippen LogP contribution in [0.5, 0.6) is 0 Å². The van der Waals surface area contributed by atoms with Gasteiger partial charge in [-0.05, 0) is 37.5 Å². The summed E-state index contributed by atoms with van der Waals surface area (Å²) in [7, 11) is 0. The Balaban J connectivity index is 2.10. The summed E-state index contributed by atoms with van der Waals surface area (Å²) in [6, 6.07) is 22.5. The molecule has 0 unspecified atom stereocenters. The number of aryl methyl sites for hydroxylation is 1. The summed E-state index contributed by atoms with van der Waals surface area (Å²) in [6.07, 6.45) is 7.05. The molecule has 0 atom stereocenters. The maximum absolute atomic E-state index is 12.7. The predicted octanol–water partition coefficient (Wildman–Crippen LogP) is 6.33. The van der Waals surface area contributed by atoms with Gasteiger partial charge >= 0.3 is 0 Å². The van der Waals surface area contributed by atoms with Gasteiger partial charge in [-0.25, -0.2) is 0 Å². The average molecular weight is 360 g/mol. The number of pyridine rings is 1. The number of nitrogens with zero attached hydrogens (tertiary/aromatic N) is 1. The summed E-state index contributed by atoms with van der Waals surface area (Å²) < 4.78 is 2.28. The first-order chi connectivity index (χ1) is 13.2. The van der Waals surface area contributed by atoms with E-state index in [1.165, 1.54) is 25.7 Å². The minimum atomic E-state index is 0.129. The zero-order valence-corrected chi connectivity index (χ0v) is 16.4. The van der Waals surface area contributed by atoms with Crippen LogP contribution in [0.3, 0.4) is 0 Å². The molecule has 0 aliphatic rings. The van der Waals surface area contributed by atoms with Gasteiger partial charge < -0.3 is 4.57 Å². The second kappa shape index (κ2) is 9.36. The Morgan fingerprint density at radius 1 is 0.815 bits per heavy atom. The number of hydrogen-bond acceptors (Lipinski definition) is 1. The molecule has 2 nitrogen and oxygen atoms in total. The van der Waals surface area contributed by atoms with Crippen LogP contribution in [-0.4, -0.2) is 4.57 Å². The zero-order valence-electron chi connectivity index (χ0n) is 16.4. The number of hydrogen-bond donors (Lipinski definition) is 0. The molecule has 0 saturated heterocycles. The van der Waals surface area contributed by atoms with Crippen molar-refractivity contribution in [2.45, 2.75) is 52.4 Å². The van der Waals surface area contributed by atoms with Gasteiger partial charge in [0.25, 0.3) is 0 Å². The van der Waals surface area contributed by atoms with E-state index in [1.807, 2.05) is 37.3 Å². The second-order valence-corrected chi connectivity index (χ2v) is 7.17. The topological polar surface area (TPSA) is 22.0 Å². The molecule has 140 valence electrons. The van der Waals surface area contributed by atoms with Crippen molar-refractivity contribution < 1.29 is 0 Å². The van der Waals surface area contributed by atoms with Crippen LogP contribution < -0.4 is 5.43 Å². The van der Waals surface area contributed by atoms with E-state index in [-0.39, 0.29) is 5.43 Å². The van der Waals surface area contributed by atoms with Crippen LogP contribution in [0.4, 0.5) is 0 Å². The summed E-state index contributed by atoms with van der Waals surface area (Å²) in [5.41, 5.74) is 5.25. The fraction of sp³-hybridized carbons (Fsp3) is 0.320. The molecule has 0 amide bonds. The molecule has 3 rings (SSSR count). The molecule has 0 aliphatic heterocycles. The van der Waals surface area contributed by atoms with Gasteiger partial charge in [0, 0.05) is 23.0 Å². The third kappa shape index (κ3) is 4.57. The van der Waals surface area contributed by atoms with Crippen LogP contribution in [-0.2, 0) is 6.42 Å². The molecule has 0 N–H and O–H groups in total. The van der Waals surface area contributed by atoms with Gasteiger partial charge in [-0.2, -0.15) is 0 Å². The van der Waals surface area contributed by atoms with Crippen molar-refractivity contribution in [2.24, 2.45) is 0 Å². The largest absolute Gasteiger partial charge is 0.313 e. The fourth-order valence-corrected chi connectivity index (χ4v) is 3.66. The molecular formula is C25H29NO. The van der Waals surface area contributed by atoms with Gasteiger partial charge in [0.2, 0.25) is 0 Å². The highest BCUT2D eigenvalue weighted by Gasteiger charge is 2.15. The van der Waals surface area contributed by atoms with Crippen LogP contribution >= 0.6 is 0 Å². The summed E-state index contributed by atoms with van der Waals surface area (Å²) >= 11 is 0. The maximum Gasteiger partial charge on any atom is 0.185 e. The molecule has 0 fully saturated rings. The van der Waals surface area contributed by atoms with Crippen LogP contribution in [0.25, 0.3) is 16.9 Å². The molecule has 0 saturated carbocycles. The maximum atomic E-state index is 12.7. The van der Waals surface area contributed by atoms with E-state index in [0.717, 1.165) is 41.0 Å². The van der Waals surface area contributed by atoms with E-state index in [9.17, 15) is 4.79 Å². The van der Waals surface area contributed by atoms with Crippen LogP contribution in [0.15, 0.2) is 71.5 Å². The second-order valence-electron chi connectivity index (χ2n) is 7.17. The number of benzene rings is 2. The lowest BCUT2D eigenvalue weighted by atomic mass is 10.0. The van der Waals surface area contributed by atoms with Gasteiger partial charge in [0.1, 0.15) is 0 Å². The highest BCUT2D eigenvalue weighted by Crippen LogP contribution is 2.27. The quantitative estimate of drug-likeness (QED) is 0.431. The highest BCUT2D eigenvalue weighted by molar-refractivity contribution is 5.66. The summed E-state index contributed by atoms with van der Waals surface area (Å²) in [4.78, 5) is 12.7. The third-order valence-electron chi connectivity index (χ3n) is 5.13. The lowest BCUT2D eigenvalue weighted by Crippen LogP contribution is -2.17. The van der Waals surface area contributed by atoms with Gasteiger partial charge in [0.15, 0.2) is 5.43 Å². The molecule has 2 aromatic carbocycles. The number of unbranched alkanes of at least 4 members (excludes halogenated alkanes) is 4.